The molecule has 4 rings (SSSR count). The predicted octanol–water partition coefficient (Wildman–Crippen LogP) is 7.48. The molecule has 0 aromatic heterocycles. The zero-order valence-electron chi connectivity index (χ0n) is 21.1. The molecule has 1 unspecified atom stereocenters. The van der Waals surface area contributed by atoms with E-state index in [1.807, 2.05) is 0 Å². The van der Waals surface area contributed by atoms with E-state index in [4.69, 9.17) is 0 Å². The van der Waals surface area contributed by atoms with Crippen LogP contribution < -0.4 is 0 Å². The van der Waals surface area contributed by atoms with Gasteiger partial charge in [0.15, 0.2) is 0 Å². The molecule has 2 nitrogen and oxygen atoms in total. The average Bonchev–Trinajstić information content (AvgIpc) is 3.00. The molecule has 4 aliphatic rings. The van der Waals surface area contributed by atoms with Crippen LogP contribution in [0.25, 0.3) is 0 Å². The van der Waals surface area contributed by atoms with Crippen LogP contribution in [0.3, 0.4) is 0 Å². The fraction of sp³-hybridized carbons (Fsp3) is 0.793. The molecule has 0 N–H and O–H groups in total. The standard InChI is InChI=1S/C29H44O2/c1-18(2)8-11-25(30)20(4)22-12-16-29(7)24-10-9-21-19(3)26(31)14-15-27(21,5)23(24)13-17-28(22,29)6/h8,19-22H,9-17H2,1-7H3/t19-,20-,21?,22+,27-,28+,29-/m0/s1. The Labute approximate surface area is 190 Å². The molecule has 2 heteroatoms. The van der Waals surface area contributed by atoms with Crippen molar-refractivity contribution in [1.82, 2.24) is 0 Å². The van der Waals surface area contributed by atoms with Gasteiger partial charge in [-0.2, -0.15) is 0 Å². The average molecular weight is 425 g/mol. The van der Waals surface area contributed by atoms with Gasteiger partial charge < -0.3 is 0 Å². The van der Waals surface area contributed by atoms with Crippen LogP contribution in [0.4, 0.5) is 0 Å². The molecule has 0 aromatic rings. The van der Waals surface area contributed by atoms with Crippen LogP contribution in [-0.2, 0) is 9.59 Å². The Morgan fingerprint density at radius 2 is 1.74 bits per heavy atom. The molecular weight excluding hydrogens is 380 g/mol. The summed E-state index contributed by atoms with van der Waals surface area (Å²) in [5.41, 5.74) is 5.36. The molecule has 4 aliphatic carbocycles. The molecule has 0 aliphatic heterocycles. The van der Waals surface area contributed by atoms with Crippen molar-refractivity contribution < 1.29 is 9.59 Å². The number of hydrogen-bond donors (Lipinski definition) is 0. The van der Waals surface area contributed by atoms with Crippen molar-refractivity contribution in [2.24, 2.45) is 39.9 Å². The van der Waals surface area contributed by atoms with Crippen LogP contribution >= 0.6 is 0 Å². The van der Waals surface area contributed by atoms with E-state index in [0.29, 0.717) is 29.8 Å². The first kappa shape index (κ1) is 23.0. The third kappa shape index (κ3) is 3.25. The molecular formula is C29H44O2. The van der Waals surface area contributed by atoms with Gasteiger partial charge in [-0.1, -0.05) is 57.4 Å². The number of hydrogen-bond acceptors (Lipinski definition) is 2. The Morgan fingerprint density at radius 1 is 1.03 bits per heavy atom. The van der Waals surface area contributed by atoms with Gasteiger partial charge in [-0.05, 0) is 86.9 Å². The SMILES string of the molecule is CC(C)=CCC(=O)[C@@H](C)[C@H]1CC[C@@]2(C)C3=C(CC[C@]12C)[C@@]1(C)CCC(=O)[C@@H](C)C1CC3. The van der Waals surface area contributed by atoms with E-state index in [9.17, 15) is 9.59 Å². The van der Waals surface area contributed by atoms with Gasteiger partial charge in [0.05, 0.1) is 0 Å². The lowest BCUT2D eigenvalue weighted by Gasteiger charge is -2.59. The lowest BCUT2D eigenvalue weighted by Crippen LogP contribution is -2.51. The Kier molecular flexibility index (Phi) is 5.71. The van der Waals surface area contributed by atoms with Crippen molar-refractivity contribution in [2.75, 3.05) is 0 Å². The van der Waals surface area contributed by atoms with E-state index < -0.39 is 0 Å². The molecule has 0 saturated heterocycles. The Hall–Kier alpha value is -1.18. The third-order valence-electron chi connectivity index (χ3n) is 11.0. The molecule has 2 saturated carbocycles. The molecule has 0 aromatic carbocycles. The van der Waals surface area contributed by atoms with Crippen LogP contribution in [0.2, 0.25) is 0 Å². The number of allylic oxidation sites excluding steroid dienone is 4. The van der Waals surface area contributed by atoms with Gasteiger partial charge in [-0.25, -0.2) is 0 Å². The number of fused-ring (bicyclic) bond motifs is 4. The van der Waals surface area contributed by atoms with E-state index in [-0.39, 0.29) is 28.1 Å². The first-order valence-electron chi connectivity index (χ1n) is 12.9. The summed E-state index contributed by atoms with van der Waals surface area (Å²) in [5, 5.41) is 0. The molecule has 7 atom stereocenters. The van der Waals surface area contributed by atoms with Gasteiger partial charge in [0, 0.05) is 24.7 Å². The minimum atomic E-state index is 0.142. The van der Waals surface area contributed by atoms with E-state index in [1.165, 1.54) is 44.1 Å². The Balaban J connectivity index is 1.66. The minimum Gasteiger partial charge on any atom is -0.299 e. The number of rotatable bonds is 4. The second-order valence-corrected chi connectivity index (χ2v) is 12.4. The topological polar surface area (TPSA) is 34.1 Å². The van der Waals surface area contributed by atoms with Crippen LogP contribution in [0, 0.1) is 39.9 Å². The smallest absolute Gasteiger partial charge is 0.139 e. The summed E-state index contributed by atoms with van der Waals surface area (Å²) in [6, 6.07) is 0. The van der Waals surface area contributed by atoms with Crippen molar-refractivity contribution in [1.29, 1.82) is 0 Å². The van der Waals surface area contributed by atoms with E-state index in [1.54, 1.807) is 11.1 Å². The summed E-state index contributed by atoms with van der Waals surface area (Å²) >= 11 is 0. The van der Waals surface area contributed by atoms with Crippen molar-refractivity contribution in [3.63, 3.8) is 0 Å². The largest absolute Gasteiger partial charge is 0.299 e. The molecule has 0 amide bonds. The molecule has 0 bridgehead atoms. The summed E-state index contributed by atoms with van der Waals surface area (Å²) in [6.07, 6.45) is 11.6. The first-order valence-corrected chi connectivity index (χ1v) is 12.9. The monoisotopic (exact) mass is 424 g/mol. The fourth-order valence-corrected chi connectivity index (χ4v) is 8.67. The Morgan fingerprint density at radius 3 is 2.42 bits per heavy atom. The van der Waals surface area contributed by atoms with Crippen molar-refractivity contribution in [3.8, 4) is 0 Å². The lowest BCUT2D eigenvalue weighted by molar-refractivity contribution is -0.130. The number of Topliss-reactive ketones (excluding diaryl/α,β-unsaturated/α-hetero) is 2. The van der Waals surface area contributed by atoms with Gasteiger partial charge >= 0.3 is 0 Å². The highest BCUT2D eigenvalue weighted by Crippen LogP contribution is 2.71. The van der Waals surface area contributed by atoms with Crippen molar-refractivity contribution >= 4 is 11.6 Å². The van der Waals surface area contributed by atoms with E-state index in [0.717, 1.165) is 12.8 Å². The number of carbonyl (C=O) groups excluding carboxylic acids is 2. The fourth-order valence-electron chi connectivity index (χ4n) is 8.67. The summed E-state index contributed by atoms with van der Waals surface area (Å²) in [5.74, 6) is 2.29. The van der Waals surface area contributed by atoms with Gasteiger partial charge in [0.25, 0.3) is 0 Å². The van der Waals surface area contributed by atoms with Crippen LogP contribution in [0.1, 0.15) is 106 Å². The predicted molar refractivity (Wildman–Crippen MR) is 128 cm³/mol. The third-order valence-corrected chi connectivity index (χ3v) is 11.0. The molecule has 0 spiro atoms. The molecule has 0 heterocycles. The summed E-state index contributed by atoms with van der Waals surface area (Å²) in [7, 11) is 0. The second-order valence-electron chi connectivity index (χ2n) is 12.4. The van der Waals surface area contributed by atoms with Crippen molar-refractivity contribution in [3.05, 3.63) is 22.8 Å². The normalized spacial score (nSPS) is 43.1. The van der Waals surface area contributed by atoms with Gasteiger partial charge in [-0.3, -0.25) is 9.59 Å². The van der Waals surface area contributed by atoms with Gasteiger partial charge in [0.1, 0.15) is 11.6 Å². The molecule has 2 fully saturated rings. The lowest BCUT2D eigenvalue weighted by atomic mass is 9.45. The van der Waals surface area contributed by atoms with Crippen LogP contribution in [-0.4, -0.2) is 11.6 Å². The zero-order chi connectivity index (χ0) is 22.8. The molecule has 31 heavy (non-hydrogen) atoms. The second kappa shape index (κ2) is 7.70. The molecule has 172 valence electrons. The zero-order valence-corrected chi connectivity index (χ0v) is 21.1. The highest BCUT2D eigenvalue weighted by atomic mass is 16.1. The minimum absolute atomic E-state index is 0.142. The Bertz CT molecular complexity index is 843. The maximum Gasteiger partial charge on any atom is 0.139 e. The maximum atomic E-state index is 13.1. The van der Waals surface area contributed by atoms with Gasteiger partial charge in [-0.15, -0.1) is 0 Å². The van der Waals surface area contributed by atoms with E-state index >= 15 is 0 Å². The highest BCUT2D eigenvalue weighted by Gasteiger charge is 2.62. The van der Waals surface area contributed by atoms with Crippen molar-refractivity contribution in [2.45, 2.75) is 106 Å². The number of carbonyl (C=O) groups is 2. The maximum absolute atomic E-state index is 13.1. The summed E-state index contributed by atoms with van der Waals surface area (Å²) in [4.78, 5) is 25.5. The number of ketones is 2. The quantitative estimate of drug-likeness (QED) is 0.438. The highest BCUT2D eigenvalue weighted by molar-refractivity contribution is 5.83. The van der Waals surface area contributed by atoms with E-state index in [2.05, 4.69) is 54.5 Å². The summed E-state index contributed by atoms with van der Waals surface area (Å²) < 4.78 is 0. The van der Waals surface area contributed by atoms with Crippen LogP contribution in [0.5, 0.6) is 0 Å². The first-order chi connectivity index (χ1) is 14.5. The summed E-state index contributed by atoms with van der Waals surface area (Å²) in [6.45, 7) is 16.1. The van der Waals surface area contributed by atoms with Crippen LogP contribution in [0.15, 0.2) is 22.8 Å². The van der Waals surface area contributed by atoms with Gasteiger partial charge in [0.2, 0.25) is 0 Å². The molecule has 0 radical (unpaired) electrons.